The molecule has 2 heterocycles. The number of hydrogen-bond acceptors (Lipinski definition) is 3. The third-order valence-corrected chi connectivity index (χ3v) is 10.6. The van der Waals surface area contributed by atoms with Crippen LogP contribution in [0.5, 0.6) is 0 Å². The summed E-state index contributed by atoms with van der Waals surface area (Å²) in [6.45, 7) is 0. The molecule has 9 aromatic carbocycles. The number of anilines is 3. The smallest absolute Gasteiger partial charge is 0.136 e. The molecule has 53 heavy (non-hydrogen) atoms. The Bertz CT molecular complexity index is 3170. The van der Waals surface area contributed by atoms with E-state index < -0.39 is 0 Å². The van der Waals surface area contributed by atoms with Crippen LogP contribution in [0.4, 0.5) is 17.1 Å². The predicted molar refractivity (Wildman–Crippen MR) is 222 cm³/mol. The lowest BCUT2D eigenvalue weighted by Gasteiger charge is -2.25. The average Bonchev–Trinajstić information content (AvgIpc) is 3.78. The fraction of sp³-hybridized carbons (Fsp3) is 0. The molecule has 3 nitrogen and oxygen atoms in total. The Hall–Kier alpha value is -7.10. The summed E-state index contributed by atoms with van der Waals surface area (Å²) < 4.78 is 12.9. The first-order valence-electron chi connectivity index (χ1n) is 18.0. The van der Waals surface area contributed by atoms with Gasteiger partial charge in [-0.1, -0.05) is 115 Å². The lowest BCUT2D eigenvalue weighted by molar-refractivity contribution is 0.669. The minimum absolute atomic E-state index is 0.856. The highest BCUT2D eigenvalue weighted by atomic mass is 16.3. The molecule has 0 fully saturated rings. The third-order valence-electron chi connectivity index (χ3n) is 10.6. The van der Waals surface area contributed by atoms with E-state index in [1.54, 1.807) is 0 Å². The second-order valence-electron chi connectivity index (χ2n) is 13.7. The maximum absolute atomic E-state index is 6.67. The van der Waals surface area contributed by atoms with Crippen molar-refractivity contribution in [3.8, 4) is 22.3 Å². The standard InChI is InChI=1S/C50H31NO2/c1-2-13-38(14-3-1)51(39-23-20-33(21-24-39)35-19-18-32-10-4-5-11-34(32)28-35)40-25-27-47-44(31-40)50-48(53-47)30-36-12-6-7-15-41(36)49(50)37-22-26-46-43(29-37)42-16-8-9-17-45(42)52-46/h1-31H. The van der Waals surface area contributed by atoms with Crippen LogP contribution in [0.1, 0.15) is 0 Å². The van der Waals surface area contributed by atoms with Crippen LogP contribution in [-0.2, 0) is 0 Å². The van der Waals surface area contributed by atoms with E-state index in [-0.39, 0.29) is 0 Å². The molecule has 0 spiro atoms. The highest BCUT2D eigenvalue weighted by molar-refractivity contribution is 6.22. The van der Waals surface area contributed by atoms with Crippen molar-refractivity contribution in [2.45, 2.75) is 0 Å². The van der Waals surface area contributed by atoms with Gasteiger partial charge in [-0.15, -0.1) is 0 Å². The molecule has 0 aliphatic heterocycles. The molecule has 11 rings (SSSR count). The zero-order valence-electron chi connectivity index (χ0n) is 28.7. The first kappa shape index (κ1) is 29.6. The minimum Gasteiger partial charge on any atom is -0.456 e. The quantitative estimate of drug-likeness (QED) is 0.182. The average molecular weight is 678 g/mol. The molecule has 0 aliphatic rings. The van der Waals surface area contributed by atoms with Crippen molar-refractivity contribution in [2.24, 2.45) is 0 Å². The summed E-state index contributed by atoms with van der Waals surface area (Å²) in [6, 6.07) is 66.8. The van der Waals surface area contributed by atoms with Gasteiger partial charge in [0.05, 0.1) is 0 Å². The topological polar surface area (TPSA) is 29.5 Å². The Labute approximate surface area is 305 Å². The van der Waals surface area contributed by atoms with Crippen molar-refractivity contribution in [2.75, 3.05) is 4.90 Å². The number of furan rings is 2. The van der Waals surface area contributed by atoms with Crippen molar-refractivity contribution in [1.82, 2.24) is 0 Å². The lowest BCUT2D eigenvalue weighted by Crippen LogP contribution is -2.09. The molecular formula is C50H31NO2. The SMILES string of the molecule is c1ccc(N(c2ccc(-c3ccc4ccccc4c3)cc2)c2ccc3oc4cc5ccccc5c(-c5ccc6oc7ccccc7c6c5)c4c3c2)cc1. The zero-order valence-corrected chi connectivity index (χ0v) is 28.7. The summed E-state index contributed by atoms with van der Waals surface area (Å²) in [4.78, 5) is 2.33. The summed E-state index contributed by atoms with van der Waals surface area (Å²) in [5, 5.41) is 9.22. The molecular weight excluding hydrogens is 647 g/mol. The van der Waals surface area contributed by atoms with Crippen LogP contribution < -0.4 is 4.90 Å². The summed E-state index contributed by atoms with van der Waals surface area (Å²) in [5.74, 6) is 0. The Morgan fingerprint density at radius 2 is 0.906 bits per heavy atom. The van der Waals surface area contributed by atoms with Gasteiger partial charge in [0.2, 0.25) is 0 Å². The van der Waals surface area contributed by atoms with Crippen LogP contribution in [0.3, 0.4) is 0 Å². The molecule has 248 valence electrons. The second kappa shape index (κ2) is 11.7. The maximum Gasteiger partial charge on any atom is 0.136 e. The number of hydrogen-bond donors (Lipinski definition) is 0. The van der Waals surface area contributed by atoms with Crippen molar-refractivity contribution in [3.63, 3.8) is 0 Å². The first-order chi connectivity index (χ1) is 26.2. The molecule has 2 aromatic heterocycles. The molecule has 0 bridgehead atoms. The lowest BCUT2D eigenvalue weighted by atomic mass is 9.92. The first-order valence-corrected chi connectivity index (χ1v) is 18.0. The number of rotatable bonds is 5. The van der Waals surface area contributed by atoms with E-state index in [0.29, 0.717) is 0 Å². The molecule has 0 unspecified atom stereocenters. The van der Waals surface area contributed by atoms with Gasteiger partial charge in [0.1, 0.15) is 22.3 Å². The van der Waals surface area contributed by atoms with E-state index in [4.69, 9.17) is 8.83 Å². The molecule has 0 saturated heterocycles. The fourth-order valence-electron chi connectivity index (χ4n) is 8.11. The van der Waals surface area contributed by atoms with Crippen LogP contribution >= 0.6 is 0 Å². The highest BCUT2D eigenvalue weighted by Crippen LogP contribution is 2.45. The Kier molecular flexibility index (Phi) is 6.55. The summed E-state index contributed by atoms with van der Waals surface area (Å²) in [7, 11) is 0. The van der Waals surface area contributed by atoms with Gasteiger partial charge >= 0.3 is 0 Å². The second-order valence-corrected chi connectivity index (χ2v) is 13.7. The molecule has 0 amide bonds. The molecule has 3 heteroatoms. The molecule has 0 saturated carbocycles. The van der Waals surface area contributed by atoms with Crippen LogP contribution in [0.2, 0.25) is 0 Å². The van der Waals surface area contributed by atoms with Crippen LogP contribution in [-0.4, -0.2) is 0 Å². The fourth-order valence-corrected chi connectivity index (χ4v) is 8.11. The largest absolute Gasteiger partial charge is 0.456 e. The monoisotopic (exact) mass is 677 g/mol. The summed E-state index contributed by atoms with van der Waals surface area (Å²) in [5.41, 5.74) is 11.4. The zero-order chi connectivity index (χ0) is 34.9. The van der Waals surface area contributed by atoms with Crippen LogP contribution in [0.25, 0.3) is 87.7 Å². The van der Waals surface area contributed by atoms with Crippen LogP contribution in [0, 0.1) is 0 Å². The van der Waals surface area contributed by atoms with Gasteiger partial charge in [0.15, 0.2) is 0 Å². The van der Waals surface area contributed by atoms with E-state index >= 15 is 0 Å². The molecule has 0 atom stereocenters. The van der Waals surface area contributed by atoms with Crippen molar-refractivity contribution in [3.05, 3.63) is 188 Å². The Balaban J connectivity index is 1.10. The molecule has 11 aromatic rings. The van der Waals surface area contributed by atoms with E-state index in [1.165, 1.54) is 27.3 Å². The van der Waals surface area contributed by atoms with E-state index in [2.05, 4.69) is 181 Å². The molecule has 0 radical (unpaired) electrons. The number of para-hydroxylation sites is 2. The van der Waals surface area contributed by atoms with Crippen molar-refractivity contribution < 1.29 is 8.83 Å². The molecule has 0 aliphatic carbocycles. The van der Waals surface area contributed by atoms with E-state index in [9.17, 15) is 0 Å². The van der Waals surface area contributed by atoms with Gasteiger partial charge in [-0.25, -0.2) is 0 Å². The summed E-state index contributed by atoms with van der Waals surface area (Å²) in [6.07, 6.45) is 0. The highest BCUT2D eigenvalue weighted by Gasteiger charge is 2.20. The number of benzene rings is 9. The summed E-state index contributed by atoms with van der Waals surface area (Å²) >= 11 is 0. The number of nitrogens with zero attached hydrogens (tertiary/aromatic N) is 1. The van der Waals surface area contributed by atoms with Gasteiger partial charge in [-0.05, 0) is 111 Å². The maximum atomic E-state index is 6.67. The van der Waals surface area contributed by atoms with E-state index in [1.807, 2.05) is 12.1 Å². The van der Waals surface area contributed by atoms with Gasteiger partial charge in [0.25, 0.3) is 0 Å². The van der Waals surface area contributed by atoms with E-state index in [0.717, 1.165) is 77.5 Å². The van der Waals surface area contributed by atoms with Crippen molar-refractivity contribution >= 4 is 82.5 Å². The van der Waals surface area contributed by atoms with Gasteiger partial charge in [-0.3, -0.25) is 0 Å². The predicted octanol–water partition coefficient (Wildman–Crippen LogP) is 14.6. The minimum atomic E-state index is 0.856. The van der Waals surface area contributed by atoms with Crippen molar-refractivity contribution in [1.29, 1.82) is 0 Å². The Morgan fingerprint density at radius 1 is 0.302 bits per heavy atom. The van der Waals surface area contributed by atoms with Gasteiger partial charge in [-0.2, -0.15) is 0 Å². The third kappa shape index (κ3) is 4.82. The number of fused-ring (bicyclic) bond motifs is 8. The molecule has 0 N–H and O–H groups in total. The van der Waals surface area contributed by atoms with Crippen LogP contribution in [0.15, 0.2) is 197 Å². The Morgan fingerprint density at radius 3 is 1.77 bits per heavy atom. The van der Waals surface area contributed by atoms with Gasteiger partial charge in [0, 0.05) is 44.2 Å². The van der Waals surface area contributed by atoms with Gasteiger partial charge < -0.3 is 13.7 Å². The normalized spacial score (nSPS) is 11.8.